The Kier molecular flexibility index (Phi) is 87.6. The molecule has 0 heterocycles. The Hall–Kier alpha value is 10.1. The third-order valence-corrected chi connectivity index (χ3v) is 14.0. The number of phosphoric acid groups is 3. The van der Waals surface area contributed by atoms with Crippen LogP contribution in [0.1, 0.15) is 129 Å². The first-order valence-electron chi connectivity index (χ1n) is 22.1. The van der Waals surface area contributed by atoms with E-state index in [4.69, 9.17) is 36.8 Å². The molecule has 6 atom stereocenters. The first kappa shape index (κ1) is 103. The standard InChI is InChI=1S/C44H84O15P3.9Y/c1-12-22-42(23-13-2,24-14-3)36-52-31-39(21-10)57-61(47,48)55-35-41(33-54-38-44(28-18-7,29-19-8)30-20-9)59-62(49,50)56-34-40(58-60(45,46)51-11)32-53-37-43(25-15-4,26-16-5)27-17-6;;;;;;;;;/h39-41H,1-9,12-38H2,10-11H3,(H,45,46)(H,47,48)(H,49,50);;;;;;;;;/q-9;;;;;;;;;. The van der Waals surface area contributed by atoms with Gasteiger partial charge in [0.25, 0.3) is 0 Å². The van der Waals surface area contributed by atoms with Crippen LogP contribution in [0.3, 0.4) is 0 Å². The fraction of sp³-hybridized carbons (Fsp3) is 0.795. The molecular formula is C44H84O15P3Y9-9. The average molecular weight is 1750 g/mol. The maximum Gasteiger partial charge on any atom is 0.472 e. The molecule has 0 aromatic heterocycles. The van der Waals surface area contributed by atoms with Crippen LogP contribution >= 0.6 is 23.5 Å². The third kappa shape index (κ3) is 49.8. The second kappa shape index (κ2) is 60.4. The van der Waals surface area contributed by atoms with Gasteiger partial charge in [-0.2, -0.15) is 57.8 Å². The minimum Gasteiger partial charge on any atom is -0.378 e. The molecule has 0 spiro atoms. The zero-order valence-electron chi connectivity index (χ0n) is 43.5. The Balaban J connectivity index is -0.000000517. The van der Waals surface area contributed by atoms with Gasteiger partial charge in [0.1, 0.15) is 12.2 Å². The van der Waals surface area contributed by atoms with E-state index in [2.05, 4.69) is 66.8 Å². The number of hydrogen-bond donors (Lipinski definition) is 3. The molecule has 71 heavy (non-hydrogen) atoms. The second-order valence-electron chi connectivity index (χ2n) is 16.2. The number of phosphoric ester groups is 3. The Morgan fingerprint density at radius 2 is 0.592 bits per heavy atom. The van der Waals surface area contributed by atoms with Gasteiger partial charge in [-0.25, -0.2) is 13.7 Å². The van der Waals surface area contributed by atoms with Crippen molar-refractivity contribution in [3.63, 3.8) is 0 Å². The summed E-state index contributed by atoms with van der Waals surface area (Å²) in [5, 5.41) is 0. The molecule has 0 aromatic rings. The Bertz CT molecular complexity index is 1250. The number of hydrogen-bond acceptors (Lipinski definition) is 12. The first-order chi connectivity index (χ1) is 29.3. The maximum absolute atomic E-state index is 13.5. The van der Waals surface area contributed by atoms with Gasteiger partial charge in [-0.05, 0) is 22.7 Å². The molecule has 0 aliphatic rings. The van der Waals surface area contributed by atoms with Crippen molar-refractivity contribution >= 4 is 23.5 Å². The number of ether oxygens (including phenoxy) is 3. The predicted molar refractivity (Wildman–Crippen MR) is 244 cm³/mol. The molecule has 15 nitrogen and oxygen atoms in total. The van der Waals surface area contributed by atoms with E-state index in [0.29, 0.717) is 90.1 Å². The van der Waals surface area contributed by atoms with E-state index in [0.717, 1.165) is 45.6 Å². The van der Waals surface area contributed by atoms with Crippen LogP contribution < -0.4 is 0 Å². The summed E-state index contributed by atoms with van der Waals surface area (Å²) >= 11 is 0. The number of rotatable bonds is 44. The summed E-state index contributed by atoms with van der Waals surface area (Å²) in [7, 11) is -13.5. The summed E-state index contributed by atoms with van der Waals surface area (Å²) in [5.74, 6) is 0. The fourth-order valence-electron chi connectivity index (χ4n) is 7.83. The minimum atomic E-state index is -5.06. The van der Waals surface area contributed by atoms with Gasteiger partial charge in [0.15, 0.2) is 0 Å². The van der Waals surface area contributed by atoms with E-state index >= 15 is 0 Å². The molecule has 0 aliphatic heterocycles. The average Bonchev–Trinajstić information content (AvgIpc) is 3.19. The topological polar surface area (TPSA) is 195 Å². The smallest absolute Gasteiger partial charge is 0.378 e. The molecule has 27 heteroatoms. The normalized spacial score (nSPS) is 15.1. The van der Waals surface area contributed by atoms with Crippen molar-refractivity contribution in [1.29, 1.82) is 0 Å². The molecule has 0 saturated heterocycles. The zero-order valence-corrected chi connectivity index (χ0v) is 71.7. The fourth-order valence-corrected chi connectivity index (χ4v) is 10.3. The molecule has 0 rings (SSSR count). The van der Waals surface area contributed by atoms with E-state index < -0.39 is 55.0 Å². The van der Waals surface area contributed by atoms with Gasteiger partial charge < -0.3 is 91.2 Å². The molecule has 0 bridgehead atoms. The van der Waals surface area contributed by atoms with Crippen molar-refractivity contribution in [3.05, 3.63) is 62.3 Å². The molecule has 401 valence electrons. The molecule has 0 aliphatic carbocycles. The molecular weight excluding hydrogens is 1660 g/mol. The van der Waals surface area contributed by atoms with E-state index in [9.17, 15) is 28.4 Å². The third-order valence-electron chi connectivity index (χ3n) is 10.9. The van der Waals surface area contributed by atoms with Crippen LogP contribution in [0.2, 0.25) is 0 Å². The summed E-state index contributed by atoms with van der Waals surface area (Å²) in [6, 6.07) is 0. The molecule has 0 saturated carbocycles. The monoisotopic (exact) mass is 1750 g/mol. The van der Waals surface area contributed by atoms with Gasteiger partial charge >= 0.3 is 23.5 Å². The van der Waals surface area contributed by atoms with Crippen LogP contribution in [0.5, 0.6) is 0 Å². The van der Waals surface area contributed by atoms with Crippen molar-refractivity contribution in [2.45, 2.75) is 147 Å². The van der Waals surface area contributed by atoms with Gasteiger partial charge in [-0.15, -0.1) is 0 Å². The molecule has 3 N–H and O–H groups in total. The van der Waals surface area contributed by atoms with Crippen molar-refractivity contribution in [2.75, 3.05) is 60.0 Å². The van der Waals surface area contributed by atoms with Gasteiger partial charge in [0, 0.05) is 301 Å². The SMILES string of the molecule is [CH2-]CCC(CC[CH2-])(CC[CH2-])COCC(COP(=O)(O)OC(COCC(CC[CH2-])(CC[CH2-])CC[CH2-])COP(=O)(O)OC(CC)COCC(CC[CH2-])(CC[CH2-])CC[CH2-])OP(=O)(O)OC.[Y].[Y].[Y].[Y].[Y].[Y].[Y].[Y].[Y]. The van der Waals surface area contributed by atoms with E-state index in [-0.39, 0.29) is 344 Å². The van der Waals surface area contributed by atoms with Crippen LogP contribution in [-0.2, 0) is 349 Å². The van der Waals surface area contributed by atoms with E-state index in [1.165, 1.54) is 0 Å². The first-order valence-corrected chi connectivity index (χ1v) is 26.6. The Morgan fingerprint density at radius 1 is 0.380 bits per heavy atom. The summed E-state index contributed by atoms with van der Waals surface area (Å²) in [5.41, 5.74) is -0.797. The molecule has 0 amide bonds. The maximum atomic E-state index is 13.5. The van der Waals surface area contributed by atoms with E-state index in [1.807, 2.05) is 0 Å². The van der Waals surface area contributed by atoms with Crippen molar-refractivity contribution in [3.8, 4) is 0 Å². The molecule has 9 radical (unpaired) electrons. The predicted octanol–water partition coefficient (Wildman–Crippen LogP) is 11.0. The van der Waals surface area contributed by atoms with Gasteiger partial charge in [-0.3, -0.25) is 27.1 Å². The van der Waals surface area contributed by atoms with Gasteiger partial charge in [0.05, 0.1) is 59.0 Å². The second-order valence-corrected chi connectivity index (χ2v) is 20.6. The van der Waals surface area contributed by atoms with Crippen molar-refractivity contribution in [2.24, 2.45) is 16.2 Å². The molecule has 0 fully saturated rings. The Labute approximate surface area is 660 Å². The summed E-state index contributed by atoms with van der Waals surface area (Å²) in [4.78, 5) is 31.9. The minimum absolute atomic E-state index is 0. The van der Waals surface area contributed by atoms with Crippen LogP contribution in [0, 0.1) is 78.6 Å². The largest absolute Gasteiger partial charge is 0.472 e. The van der Waals surface area contributed by atoms with Crippen molar-refractivity contribution < 1.29 is 364 Å². The Morgan fingerprint density at radius 3 is 0.803 bits per heavy atom. The van der Waals surface area contributed by atoms with Gasteiger partial charge in [-0.1, -0.05) is 64.7 Å². The summed E-state index contributed by atoms with van der Waals surface area (Å²) < 4.78 is 88.8. The van der Waals surface area contributed by atoms with Crippen LogP contribution in [0.25, 0.3) is 0 Å². The quantitative estimate of drug-likeness (QED) is 0.0385. The molecule has 0 aromatic carbocycles. The van der Waals surface area contributed by atoms with Crippen molar-refractivity contribution in [1.82, 2.24) is 0 Å². The van der Waals surface area contributed by atoms with Gasteiger partial charge in [0.2, 0.25) is 0 Å². The summed E-state index contributed by atoms with van der Waals surface area (Å²) in [6.07, 6.45) is 9.42. The zero-order chi connectivity index (χ0) is 47.2. The van der Waals surface area contributed by atoms with Crippen LogP contribution in [-0.4, -0.2) is 93.0 Å². The van der Waals surface area contributed by atoms with Crippen LogP contribution in [0.15, 0.2) is 0 Å². The van der Waals surface area contributed by atoms with Crippen LogP contribution in [0.4, 0.5) is 0 Å². The summed E-state index contributed by atoms with van der Waals surface area (Å²) in [6.45, 7) is 36.4. The molecule has 6 unspecified atom stereocenters. The van der Waals surface area contributed by atoms with E-state index in [1.54, 1.807) is 6.92 Å².